The number of aromatic hydroxyl groups is 1. The van der Waals surface area contributed by atoms with Gasteiger partial charge in [-0.05, 0) is 48.9 Å². The molecule has 2 N–H and O–H groups in total. The number of hydrazone groups is 1. The molecule has 10 heteroatoms. The van der Waals surface area contributed by atoms with Crippen molar-refractivity contribution in [1.82, 2.24) is 19.8 Å². The summed E-state index contributed by atoms with van der Waals surface area (Å²) >= 11 is 0. The number of amides is 1. The summed E-state index contributed by atoms with van der Waals surface area (Å²) in [5.41, 5.74) is 3.11. The smallest absolute Gasteiger partial charge is 0.346 e. The lowest BCUT2D eigenvalue weighted by molar-refractivity contribution is -0.121. The summed E-state index contributed by atoms with van der Waals surface area (Å²) in [5.74, 6) is 1.09. The number of carbonyl (C=O) groups excluding carboxylic acids is 1. The van der Waals surface area contributed by atoms with Crippen molar-refractivity contribution in [2.24, 2.45) is 5.10 Å². The van der Waals surface area contributed by atoms with Crippen molar-refractivity contribution < 1.29 is 19.4 Å². The van der Waals surface area contributed by atoms with E-state index >= 15 is 0 Å². The number of aryl methyl sites for hydroxylation is 1. The Morgan fingerprint density at radius 3 is 2.44 bits per heavy atom. The van der Waals surface area contributed by atoms with Gasteiger partial charge in [-0.25, -0.2) is 14.9 Å². The van der Waals surface area contributed by atoms with Crippen LogP contribution in [0.3, 0.4) is 0 Å². The van der Waals surface area contributed by atoms with E-state index in [4.69, 9.17) is 9.47 Å². The summed E-state index contributed by atoms with van der Waals surface area (Å²) in [6, 6.07) is 11.8. The van der Waals surface area contributed by atoms with Gasteiger partial charge in [-0.3, -0.25) is 9.36 Å². The van der Waals surface area contributed by atoms with E-state index in [0.717, 1.165) is 32.1 Å². The van der Waals surface area contributed by atoms with Crippen LogP contribution in [-0.2, 0) is 17.9 Å². The molecule has 0 spiro atoms. The molecule has 36 heavy (non-hydrogen) atoms. The zero-order chi connectivity index (χ0) is 25.9. The molecule has 2 aromatic carbocycles. The van der Waals surface area contributed by atoms with E-state index < -0.39 is 5.91 Å². The molecule has 0 saturated carbocycles. The van der Waals surface area contributed by atoms with Crippen molar-refractivity contribution in [3.8, 4) is 28.6 Å². The molecule has 0 aliphatic heterocycles. The van der Waals surface area contributed by atoms with Crippen molar-refractivity contribution in [2.75, 3.05) is 14.2 Å². The minimum absolute atomic E-state index is 0.00739. The Labute approximate surface area is 210 Å². The summed E-state index contributed by atoms with van der Waals surface area (Å²) in [5, 5.41) is 18.4. The van der Waals surface area contributed by atoms with Crippen LogP contribution in [0, 0.1) is 0 Å². The fraction of sp³-hybridized carbons (Fsp3) is 0.385. The van der Waals surface area contributed by atoms with Crippen LogP contribution in [0.5, 0.6) is 17.2 Å². The number of nitrogens with one attached hydrogen (secondary N) is 1. The van der Waals surface area contributed by atoms with Gasteiger partial charge in [0.15, 0.2) is 5.82 Å². The molecular weight excluding hydrogens is 462 g/mol. The van der Waals surface area contributed by atoms with Gasteiger partial charge in [0.25, 0.3) is 5.91 Å². The predicted molar refractivity (Wildman–Crippen MR) is 138 cm³/mol. The Kier molecular flexibility index (Phi) is 9.67. The summed E-state index contributed by atoms with van der Waals surface area (Å²) < 4.78 is 13.1. The molecule has 0 bridgehead atoms. The van der Waals surface area contributed by atoms with Crippen LogP contribution in [0.25, 0.3) is 11.4 Å². The highest BCUT2D eigenvalue weighted by atomic mass is 16.5. The number of carbonyl (C=O) groups is 1. The van der Waals surface area contributed by atoms with E-state index in [0.29, 0.717) is 35.0 Å². The molecule has 3 aromatic rings. The van der Waals surface area contributed by atoms with Gasteiger partial charge in [-0.15, -0.1) is 5.10 Å². The highest BCUT2D eigenvalue weighted by Crippen LogP contribution is 2.21. The molecule has 0 unspecified atom stereocenters. The first-order valence-corrected chi connectivity index (χ1v) is 12.0. The predicted octanol–water partition coefficient (Wildman–Crippen LogP) is 3.56. The third-order valence-corrected chi connectivity index (χ3v) is 5.67. The van der Waals surface area contributed by atoms with E-state index in [1.54, 1.807) is 43.5 Å². The topological polar surface area (TPSA) is 120 Å². The number of phenolic OH excluding ortho intramolecular Hbond substituents is 1. The van der Waals surface area contributed by atoms with Gasteiger partial charge >= 0.3 is 5.69 Å². The first kappa shape index (κ1) is 26.5. The Morgan fingerprint density at radius 2 is 1.75 bits per heavy atom. The largest absolute Gasteiger partial charge is 0.507 e. The van der Waals surface area contributed by atoms with Gasteiger partial charge in [0, 0.05) is 17.7 Å². The van der Waals surface area contributed by atoms with Crippen LogP contribution in [-0.4, -0.2) is 45.8 Å². The first-order valence-electron chi connectivity index (χ1n) is 12.0. The van der Waals surface area contributed by atoms with Gasteiger partial charge in [0.05, 0.1) is 20.4 Å². The van der Waals surface area contributed by atoms with Gasteiger partial charge in [0.1, 0.15) is 23.8 Å². The van der Waals surface area contributed by atoms with Crippen LogP contribution in [0.15, 0.2) is 52.4 Å². The van der Waals surface area contributed by atoms with E-state index in [2.05, 4.69) is 22.5 Å². The quantitative estimate of drug-likeness (QED) is 0.213. The van der Waals surface area contributed by atoms with Gasteiger partial charge < -0.3 is 14.6 Å². The number of phenols is 1. The van der Waals surface area contributed by atoms with Gasteiger partial charge in [0.2, 0.25) is 0 Å². The molecule has 1 amide bonds. The molecule has 0 aliphatic rings. The molecular formula is C26H33N5O5. The second-order valence-corrected chi connectivity index (χ2v) is 8.28. The molecule has 0 atom stereocenters. The number of hydrogen-bond acceptors (Lipinski definition) is 7. The average Bonchev–Trinajstić information content (AvgIpc) is 3.19. The fourth-order valence-corrected chi connectivity index (χ4v) is 3.66. The highest BCUT2D eigenvalue weighted by Gasteiger charge is 2.17. The summed E-state index contributed by atoms with van der Waals surface area (Å²) in [6.45, 7) is 2.37. The van der Waals surface area contributed by atoms with E-state index in [1.165, 1.54) is 28.6 Å². The molecule has 0 aliphatic carbocycles. The lowest BCUT2D eigenvalue weighted by Gasteiger charge is -2.06. The van der Waals surface area contributed by atoms with Crippen molar-refractivity contribution in [1.29, 1.82) is 0 Å². The van der Waals surface area contributed by atoms with Crippen LogP contribution in [0.1, 0.15) is 44.6 Å². The lowest BCUT2D eigenvalue weighted by Crippen LogP contribution is -2.31. The zero-order valence-corrected chi connectivity index (χ0v) is 20.9. The Morgan fingerprint density at radius 1 is 1.06 bits per heavy atom. The average molecular weight is 496 g/mol. The standard InChI is InChI=1S/C26H33N5O5/c1-4-5-6-7-8-15-31-26(34)30(25(29-31)19-9-11-21(35-2)12-10-19)18-24(33)28-27-17-20-16-22(36-3)13-14-23(20)32/h9-14,16-17,32H,4-8,15,18H2,1-3H3,(H,28,33)/b27-17+. The number of hydrogen-bond donors (Lipinski definition) is 2. The molecule has 3 rings (SSSR count). The van der Waals surface area contributed by atoms with Crippen LogP contribution in [0.4, 0.5) is 0 Å². The first-order chi connectivity index (χ1) is 17.5. The summed E-state index contributed by atoms with van der Waals surface area (Å²) in [4.78, 5) is 25.8. The Hall–Kier alpha value is -4.08. The van der Waals surface area contributed by atoms with Crippen molar-refractivity contribution >= 4 is 12.1 Å². The molecule has 10 nitrogen and oxygen atoms in total. The third kappa shape index (κ3) is 6.97. The van der Waals surface area contributed by atoms with Crippen molar-refractivity contribution in [3.05, 3.63) is 58.5 Å². The Bertz CT molecular complexity index is 1230. The monoisotopic (exact) mass is 495 g/mol. The number of nitrogens with zero attached hydrogens (tertiary/aromatic N) is 4. The number of benzene rings is 2. The van der Waals surface area contributed by atoms with Crippen molar-refractivity contribution in [2.45, 2.75) is 52.1 Å². The highest BCUT2D eigenvalue weighted by molar-refractivity contribution is 5.85. The SMILES string of the molecule is CCCCCCCn1nc(-c2ccc(OC)cc2)n(CC(=O)N/N=C/c2cc(OC)ccc2O)c1=O. The minimum Gasteiger partial charge on any atom is -0.507 e. The van der Waals surface area contributed by atoms with E-state index in [1.807, 2.05) is 0 Å². The number of unbranched alkanes of at least 4 members (excludes halogenated alkanes) is 4. The zero-order valence-electron chi connectivity index (χ0n) is 20.9. The van der Waals surface area contributed by atoms with Crippen LogP contribution < -0.4 is 20.6 Å². The normalized spacial score (nSPS) is 11.1. The summed E-state index contributed by atoms with van der Waals surface area (Å²) in [7, 11) is 3.09. The maximum atomic E-state index is 13.1. The molecule has 1 aromatic heterocycles. The van der Waals surface area contributed by atoms with Crippen LogP contribution in [0.2, 0.25) is 0 Å². The van der Waals surface area contributed by atoms with Crippen molar-refractivity contribution in [3.63, 3.8) is 0 Å². The molecule has 0 radical (unpaired) electrons. The van der Waals surface area contributed by atoms with Gasteiger partial charge in [-0.2, -0.15) is 5.10 Å². The maximum Gasteiger partial charge on any atom is 0.346 e. The lowest BCUT2D eigenvalue weighted by atomic mass is 10.1. The van der Waals surface area contributed by atoms with E-state index in [-0.39, 0.29) is 18.0 Å². The Balaban J connectivity index is 1.78. The number of methoxy groups -OCH3 is 2. The third-order valence-electron chi connectivity index (χ3n) is 5.67. The molecule has 0 fully saturated rings. The fourth-order valence-electron chi connectivity index (χ4n) is 3.66. The number of aromatic nitrogens is 3. The van der Waals surface area contributed by atoms with Crippen LogP contribution >= 0.6 is 0 Å². The number of ether oxygens (including phenoxy) is 2. The molecule has 0 saturated heterocycles. The van der Waals surface area contributed by atoms with E-state index in [9.17, 15) is 14.7 Å². The maximum absolute atomic E-state index is 13.1. The molecule has 192 valence electrons. The second-order valence-electron chi connectivity index (χ2n) is 8.28. The molecule has 1 heterocycles. The second kappa shape index (κ2) is 13.1. The minimum atomic E-state index is -0.506. The van der Waals surface area contributed by atoms with Gasteiger partial charge in [-0.1, -0.05) is 32.6 Å². The number of rotatable bonds is 13. The summed E-state index contributed by atoms with van der Waals surface area (Å²) in [6.07, 6.45) is 6.57.